The Morgan fingerprint density at radius 3 is 2.69 bits per heavy atom. The van der Waals surface area contributed by atoms with Crippen molar-refractivity contribution < 1.29 is 27.8 Å². The average Bonchev–Trinajstić information content (AvgIpc) is 2.19. The molecule has 0 aliphatic heterocycles. The number of carboxylic acid groups (broad SMARTS) is 1. The average molecular weight is 235 g/mol. The molecule has 7 heteroatoms. The van der Waals surface area contributed by atoms with E-state index in [9.17, 15) is 18.0 Å². The number of hydrogen-bond acceptors (Lipinski definition) is 3. The third kappa shape index (κ3) is 2.62. The van der Waals surface area contributed by atoms with Gasteiger partial charge < -0.3 is 9.84 Å². The number of hydrogen-bond donors (Lipinski definition) is 1. The van der Waals surface area contributed by atoms with E-state index in [1.54, 1.807) is 0 Å². The standard InChI is InChI=1S/C9H8F3NO3/c1-16-9-4(2-7(14)15)5(10)3-6(13-9)8(11)12/h3,8H,2H2,1H3,(H,14,15). The summed E-state index contributed by atoms with van der Waals surface area (Å²) in [6.07, 6.45) is -3.62. The maximum Gasteiger partial charge on any atom is 0.308 e. The number of aliphatic carboxylic acids is 1. The zero-order valence-electron chi connectivity index (χ0n) is 8.21. The van der Waals surface area contributed by atoms with Crippen LogP contribution >= 0.6 is 0 Å². The van der Waals surface area contributed by atoms with Gasteiger partial charge >= 0.3 is 5.97 Å². The lowest BCUT2D eigenvalue weighted by atomic mass is 10.1. The van der Waals surface area contributed by atoms with Crippen molar-refractivity contribution in [2.45, 2.75) is 12.8 Å². The van der Waals surface area contributed by atoms with E-state index >= 15 is 0 Å². The summed E-state index contributed by atoms with van der Waals surface area (Å²) in [5.74, 6) is -2.80. The van der Waals surface area contributed by atoms with Crippen molar-refractivity contribution in [3.05, 3.63) is 23.1 Å². The molecule has 0 bridgehead atoms. The van der Waals surface area contributed by atoms with Gasteiger partial charge in [0.05, 0.1) is 19.1 Å². The van der Waals surface area contributed by atoms with Crippen molar-refractivity contribution in [1.29, 1.82) is 0 Å². The fourth-order valence-electron chi connectivity index (χ4n) is 1.13. The van der Waals surface area contributed by atoms with Crippen LogP contribution in [0.15, 0.2) is 6.07 Å². The second-order valence-corrected chi connectivity index (χ2v) is 2.89. The molecule has 1 rings (SSSR count). The van der Waals surface area contributed by atoms with Crippen molar-refractivity contribution in [1.82, 2.24) is 4.98 Å². The Bertz CT molecular complexity index is 409. The van der Waals surface area contributed by atoms with Crippen LogP contribution in [0.1, 0.15) is 17.7 Å². The Morgan fingerprint density at radius 2 is 2.25 bits per heavy atom. The Hall–Kier alpha value is -1.79. The van der Waals surface area contributed by atoms with Gasteiger partial charge in [-0.3, -0.25) is 4.79 Å². The van der Waals surface area contributed by atoms with Crippen molar-refractivity contribution in [2.24, 2.45) is 0 Å². The minimum Gasteiger partial charge on any atom is -0.481 e. The smallest absolute Gasteiger partial charge is 0.308 e. The molecule has 0 aromatic carbocycles. The number of pyridine rings is 1. The molecule has 0 saturated heterocycles. The maximum atomic E-state index is 13.3. The Labute approximate surface area is 88.7 Å². The molecule has 0 aliphatic rings. The fraction of sp³-hybridized carbons (Fsp3) is 0.333. The molecular weight excluding hydrogens is 227 g/mol. The number of carbonyl (C=O) groups is 1. The largest absolute Gasteiger partial charge is 0.481 e. The van der Waals surface area contributed by atoms with E-state index in [-0.39, 0.29) is 5.56 Å². The van der Waals surface area contributed by atoms with E-state index in [4.69, 9.17) is 5.11 Å². The number of aromatic nitrogens is 1. The van der Waals surface area contributed by atoms with Gasteiger partial charge in [-0.05, 0) is 0 Å². The van der Waals surface area contributed by atoms with Gasteiger partial charge in [-0.15, -0.1) is 0 Å². The zero-order valence-corrected chi connectivity index (χ0v) is 8.21. The fourth-order valence-corrected chi connectivity index (χ4v) is 1.13. The first-order valence-corrected chi connectivity index (χ1v) is 4.19. The van der Waals surface area contributed by atoms with Crippen molar-refractivity contribution >= 4 is 5.97 Å². The van der Waals surface area contributed by atoms with Crippen LogP contribution < -0.4 is 4.74 Å². The number of carboxylic acids is 1. The third-order valence-corrected chi connectivity index (χ3v) is 1.80. The summed E-state index contributed by atoms with van der Waals surface area (Å²) in [7, 11) is 1.10. The highest BCUT2D eigenvalue weighted by Gasteiger charge is 2.19. The SMILES string of the molecule is COc1nc(C(F)F)cc(F)c1CC(=O)O. The second-order valence-electron chi connectivity index (χ2n) is 2.89. The number of halogens is 3. The molecule has 0 saturated carbocycles. The molecule has 1 aromatic heterocycles. The monoisotopic (exact) mass is 235 g/mol. The first kappa shape index (κ1) is 12.3. The molecule has 88 valence electrons. The summed E-state index contributed by atoms with van der Waals surface area (Å²) in [5.41, 5.74) is -1.14. The van der Waals surface area contributed by atoms with Crippen LogP contribution in [0, 0.1) is 5.82 Å². The van der Waals surface area contributed by atoms with Crippen LogP contribution in [0.25, 0.3) is 0 Å². The molecule has 1 heterocycles. The van der Waals surface area contributed by atoms with Crippen molar-refractivity contribution in [3.8, 4) is 5.88 Å². The molecule has 0 unspecified atom stereocenters. The van der Waals surface area contributed by atoms with Crippen LogP contribution in [0.2, 0.25) is 0 Å². The molecule has 0 atom stereocenters. The Balaban J connectivity index is 3.22. The summed E-state index contributed by atoms with van der Waals surface area (Å²) in [5, 5.41) is 8.49. The first-order chi connectivity index (χ1) is 7.45. The summed E-state index contributed by atoms with van der Waals surface area (Å²) in [6, 6.07) is 0.505. The third-order valence-electron chi connectivity index (χ3n) is 1.80. The van der Waals surface area contributed by atoms with Crippen LogP contribution in [0.5, 0.6) is 5.88 Å². The molecule has 1 aromatic rings. The predicted octanol–water partition coefficient (Wildman–Crippen LogP) is 1.79. The van der Waals surface area contributed by atoms with Gasteiger partial charge in [0.25, 0.3) is 6.43 Å². The van der Waals surface area contributed by atoms with E-state index in [1.165, 1.54) is 0 Å². The van der Waals surface area contributed by atoms with E-state index in [0.29, 0.717) is 6.07 Å². The first-order valence-electron chi connectivity index (χ1n) is 4.19. The number of alkyl halides is 2. The lowest BCUT2D eigenvalue weighted by Crippen LogP contribution is -2.08. The van der Waals surface area contributed by atoms with Gasteiger partial charge in [0.15, 0.2) is 0 Å². The van der Waals surface area contributed by atoms with Gasteiger partial charge in [-0.2, -0.15) is 0 Å². The van der Waals surface area contributed by atoms with E-state index < -0.39 is 36.2 Å². The van der Waals surface area contributed by atoms with Gasteiger partial charge in [0.2, 0.25) is 5.88 Å². The molecular formula is C9H8F3NO3. The predicted molar refractivity (Wildman–Crippen MR) is 47.0 cm³/mol. The number of ether oxygens (including phenoxy) is 1. The highest BCUT2D eigenvalue weighted by atomic mass is 19.3. The van der Waals surface area contributed by atoms with Crippen molar-refractivity contribution in [2.75, 3.05) is 7.11 Å². The van der Waals surface area contributed by atoms with Gasteiger partial charge in [-0.25, -0.2) is 18.2 Å². The number of nitrogens with zero attached hydrogens (tertiary/aromatic N) is 1. The highest BCUT2D eigenvalue weighted by Crippen LogP contribution is 2.25. The minimum atomic E-state index is -2.94. The zero-order chi connectivity index (χ0) is 12.3. The Kier molecular flexibility index (Phi) is 3.70. The van der Waals surface area contributed by atoms with E-state index in [1.807, 2.05) is 0 Å². The van der Waals surface area contributed by atoms with Crippen LogP contribution in [-0.4, -0.2) is 23.2 Å². The van der Waals surface area contributed by atoms with Crippen LogP contribution in [-0.2, 0) is 11.2 Å². The number of methoxy groups -OCH3 is 1. The lowest BCUT2D eigenvalue weighted by Gasteiger charge is -2.09. The summed E-state index contributed by atoms with van der Waals surface area (Å²) in [6.45, 7) is 0. The van der Waals surface area contributed by atoms with Crippen molar-refractivity contribution in [3.63, 3.8) is 0 Å². The van der Waals surface area contributed by atoms with Crippen LogP contribution in [0.3, 0.4) is 0 Å². The minimum absolute atomic E-state index is 0.348. The van der Waals surface area contributed by atoms with Gasteiger partial charge in [-0.1, -0.05) is 0 Å². The molecule has 1 N–H and O–H groups in total. The van der Waals surface area contributed by atoms with E-state index in [0.717, 1.165) is 7.11 Å². The topological polar surface area (TPSA) is 59.4 Å². The summed E-state index contributed by atoms with van der Waals surface area (Å²) < 4.78 is 42.4. The maximum absolute atomic E-state index is 13.3. The normalized spacial score (nSPS) is 10.6. The molecule has 0 fully saturated rings. The quantitative estimate of drug-likeness (QED) is 0.864. The van der Waals surface area contributed by atoms with Gasteiger partial charge in [0, 0.05) is 6.07 Å². The molecule has 16 heavy (non-hydrogen) atoms. The van der Waals surface area contributed by atoms with Crippen LogP contribution in [0.4, 0.5) is 13.2 Å². The summed E-state index contributed by atoms with van der Waals surface area (Å²) >= 11 is 0. The second kappa shape index (κ2) is 4.82. The molecule has 0 amide bonds. The van der Waals surface area contributed by atoms with Gasteiger partial charge in [0.1, 0.15) is 11.5 Å². The lowest BCUT2D eigenvalue weighted by molar-refractivity contribution is -0.136. The molecule has 0 radical (unpaired) electrons. The molecule has 4 nitrogen and oxygen atoms in total. The number of rotatable bonds is 4. The summed E-state index contributed by atoms with van der Waals surface area (Å²) in [4.78, 5) is 13.7. The van der Waals surface area contributed by atoms with E-state index in [2.05, 4.69) is 9.72 Å². The highest BCUT2D eigenvalue weighted by molar-refractivity contribution is 5.71. The molecule has 0 spiro atoms. The molecule has 0 aliphatic carbocycles. The Morgan fingerprint density at radius 1 is 1.62 bits per heavy atom.